The van der Waals surface area contributed by atoms with Gasteiger partial charge in [0.25, 0.3) is 0 Å². The first-order valence-corrected chi connectivity index (χ1v) is 12.4. The molecule has 4 atom stereocenters. The van der Waals surface area contributed by atoms with Crippen molar-refractivity contribution in [2.24, 2.45) is 10.8 Å². The maximum absolute atomic E-state index is 11.8. The van der Waals surface area contributed by atoms with Gasteiger partial charge in [0.15, 0.2) is 0 Å². The summed E-state index contributed by atoms with van der Waals surface area (Å²) in [5, 5.41) is 4.72. The van der Waals surface area contributed by atoms with Crippen LogP contribution in [0, 0.1) is 10.8 Å². The van der Waals surface area contributed by atoms with Gasteiger partial charge in [0.1, 0.15) is 9.21 Å². The Morgan fingerprint density at radius 3 is 1.32 bits per heavy atom. The smallest absolute Gasteiger partial charge is 0.233 e. The van der Waals surface area contributed by atoms with Crippen LogP contribution in [-0.2, 0) is 19.2 Å². The number of pyridine rings is 2. The van der Waals surface area contributed by atoms with Crippen LogP contribution >= 0.6 is 31.9 Å². The summed E-state index contributed by atoms with van der Waals surface area (Å²) in [4.78, 5) is 54.6. The summed E-state index contributed by atoms with van der Waals surface area (Å²) < 4.78 is 1.51. The summed E-state index contributed by atoms with van der Waals surface area (Å²) in [6.07, 6.45) is 3.94. The van der Waals surface area contributed by atoms with Crippen LogP contribution in [0.2, 0.25) is 0 Å². The van der Waals surface area contributed by atoms with E-state index >= 15 is 0 Å². The topological polar surface area (TPSA) is 118 Å². The molecule has 0 unspecified atom stereocenters. The predicted molar refractivity (Wildman–Crippen MR) is 132 cm³/mol. The molecule has 2 N–H and O–H groups in total. The minimum atomic E-state index is -0.674. The van der Waals surface area contributed by atoms with Gasteiger partial charge in [0, 0.05) is 25.2 Å². The molecule has 2 aliphatic rings. The van der Waals surface area contributed by atoms with E-state index in [0.29, 0.717) is 0 Å². The van der Waals surface area contributed by atoms with Crippen LogP contribution in [-0.4, -0.2) is 33.6 Å². The molecule has 2 fully saturated rings. The zero-order valence-corrected chi connectivity index (χ0v) is 22.5. The molecule has 8 nitrogen and oxygen atoms in total. The minimum absolute atomic E-state index is 0.0467. The summed E-state index contributed by atoms with van der Waals surface area (Å²) in [5.74, 6) is -0.885. The second-order valence-corrected chi connectivity index (χ2v) is 10.8. The maximum Gasteiger partial charge on any atom is 0.233 e. The molecular weight excluding hydrogens is 568 g/mol. The predicted octanol–water partition coefficient (Wildman–Crippen LogP) is 4.00. The number of amides is 4. The number of halogens is 2. The van der Waals surface area contributed by atoms with Gasteiger partial charge in [-0.3, -0.25) is 29.8 Å². The van der Waals surface area contributed by atoms with Crippen molar-refractivity contribution in [1.82, 2.24) is 20.6 Å². The number of hydrogen-bond acceptors (Lipinski definition) is 6. The molecule has 0 bridgehead atoms. The molecule has 0 saturated carbocycles. The van der Waals surface area contributed by atoms with Crippen molar-refractivity contribution >= 4 is 55.5 Å². The highest BCUT2D eigenvalue weighted by Crippen LogP contribution is 2.42. The van der Waals surface area contributed by atoms with E-state index in [4.69, 9.17) is 0 Å². The second kappa shape index (κ2) is 10.0. The highest BCUT2D eigenvalue weighted by molar-refractivity contribution is 9.10. The van der Waals surface area contributed by atoms with Crippen molar-refractivity contribution < 1.29 is 19.2 Å². The fourth-order valence-corrected chi connectivity index (χ4v) is 4.65. The Labute approximate surface area is 215 Å². The molecule has 0 spiro atoms. The normalized spacial score (nSPS) is 25.8. The van der Waals surface area contributed by atoms with Crippen LogP contribution in [0.1, 0.15) is 63.5 Å². The Hall–Kier alpha value is -2.46. The Morgan fingerprint density at radius 2 is 1.09 bits per heavy atom. The molecule has 4 amide bonds. The molecule has 2 saturated heterocycles. The summed E-state index contributed by atoms with van der Waals surface area (Å²) in [6.45, 7) is 7.53. The van der Waals surface area contributed by atoms with Crippen molar-refractivity contribution in [1.29, 1.82) is 0 Å². The average Bonchev–Trinajstić information content (AvgIpc) is 3.21. The first-order valence-electron chi connectivity index (χ1n) is 10.8. The molecule has 4 rings (SSSR count). The molecule has 10 heteroatoms. The van der Waals surface area contributed by atoms with E-state index in [1.165, 1.54) is 0 Å². The maximum atomic E-state index is 11.8. The Kier molecular flexibility index (Phi) is 7.72. The largest absolute Gasteiger partial charge is 0.296 e. The number of hydrogen-bond donors (Lipinski definition) is 2. The van der Waals surface area contributed by atoms with Crippen LogP contribution in [0.25, 0.3) is 0 Å². The van der Waals surface area contributed by atoms with Crippen LogP contribution < -0.4 is 10.6 Å². The van der Waals surface area contributed by atoms with E-state index in [0.717, 1.165) is 20.3 Å². The Balaban J connectivity index is 0.000000191. The highest BCUT2D eigenvalue weighted by atomic mass is 79.9. The molecule has 2 aromatic heterocycles. The average molecular weight is 594 g/mol. The summed E-state index contributed by atoms with van der Waals surface area (Å²) in [7, 11) is 0. The number of nitrogens with zero attached hydrogens (tertiary/aromatic N) is 2. The molecule has 34 heavy (non-hydrogen) atoms. The lowest BCUT2D eigenvalue weighted by Crippen LogP contribution is -2.33. The molecule has 2 aromatic rings. The third kappa shape index (κ3) is 5.27. The number of carbonyl (C=O) groups excluding carboxylic acids is 4. The molecule has 0 radical (unpaired) electrons. The molecule has 2 aliphatic heterocycles. The van der Waals surface area contributed by atoms with Gasteiger partial charge in [-0.1, -0.05) is 26.0 Å². The third-order valence-corrected chi connectivity index (χ3v) is 7.95. The first kappa shape index (κ1) is 26.2. The van der Waals surface area contributed by atoms with Gasteiger partial charge in [-0.15, -0.1) is 0 Å². The fraction of sp³-hybridized carbons (Fsp3) is 0.417. The van der Waals surface area contributed by atoms with E-state index < -0.39 is 10.8 Å². The van der Waals surface area contributed by atoms with Crippen LogP contribution in [0.5, 0.6) is 0 Å². The van der Waals surface area contributed by atoms with Crippen LogP contribution in [0.4, 0.5) is 0 Å². The van der Waals surface area contributed by atoms with Crippen LogP contribution in [0.3, 0.4) is 0 Å². The van der Waals surface area contributed by atoms with E-state index in [-0.39, 0.29) is 48.3 Å². The third-order valence-electron chi connectivity index (χ3n) is 7.01. The number of aromatic nitrogens is 2. The number of rotatable bonds is 4. The fourth-order valence-electron chi connectivity index (χ4n) is 4.18. The Bertz CT molecular complexity index is 1030. The number of carbonyl (C=O) groups is 4. The molecule has 4 heterocycles. The van der Waals surface area contributed by atoms with Crippen molar-refractivity contribution in [3.05, 3.63) is 57.0 Å². The van der Waals surface area contributed by atoms with Gasteiger partial charge < -0.3 is 0 Å². The lowest BCUT2D eigenvalue weighted by Gasteiger charge is -2.27. The van der Waals surface area contributed by atoms with Gasteiger partial charge in [-0.05, 0) is 80.8 Å². The monoisotopic (exact) mass is 592 g/mol. The van der Waals surface area contributed by atoms with E-state index in [9.17, 15) is 19.2 Å². The van der Waals surface area contributed by atoms with E-state index in [2.05, 4.69) is 52.5 Å². The van der Waals surface area contributed by atoms with Gasteiger partial charge in [-0.25, -0.2) is 9.97 Å². The second-order valence-electron chi connectivity index (χ2n) is 9.21. The van der Waals surface area contributed by atoms with E-state index in [1.807, 2.05) is 52.0 Å². The first-order chi connectivity index (χ1) is 15.9. The van der Waals surface area contributed by atoms with Gasteiger partial charge >= 0.3 is 0 Å². The van der Waals surface area contributed by atoms with Gasteiger partial charge in [0.05, 0.1) is 10.8 Å². The molecule has 0 aromatic carbocycles. The SMILES string of the molecule is C[C@H](c1ccc(Br)nc1)[C@@]1(C)CC(=O)NC1=O.C[C@H](c1ccc(Br)nc1)[C@]1(C)CC(=O)NC1=O. The van der Waals surface area contributed by atoms with Crippen molar-refractivity contribution in [3.63, 3.8) is 0 Å². The van der Waals surface area contributed by atoms with Crippen LogP contribution in [0.15, 0.2) is 45.9 Å². The van der Waals surface area contributed by atoms with Gasteiger partial charge in [0.2, 0.25) is 23.6 Å². The molecular formula is C24H26Br2N4O4. The summed E-state index contributed by atoms with van der Waals surface area (Å²) >= 11 is 6.54. The zero-order valence-electron chi connectivity index (χ0n) is 19.3. The summed E-state index contributed by atoms with van der Waals surface area (Å²) in [6, 6.07) is 7.51. The van der Waals surface area contributed by atoms with Crippen molar-refractivity contribution in [2.75, 3.05) is 0 Å². The quantitative estimate of drug-likeness (QED) is 0.409. The highest BCUT2D eigenvalue weighted by Gasteiger charge is 2.48. The number of imide groups is 2. The van der Waals surface area contributed by atoms with E-state index in [1.54, 1.807) is 12.4 Å². The summed E-state index contributed by atoms with van der Waals surface area (Å²) in [5.41, 5.74) is 0.570. The Morgan fingerprint density at radius 1 is 0.735 bits per heavy atom. The van der Waals surface area contributed by atoms with Crippen molar-refractivity contribution in [2.45, 2.75) is 52.4 Å². The number of nitrogens with one attached hydrogen (secondary N) is 2. The van der Waals surface area contributed by atoms with Crippen molar-refractivity contribution in [3.8, 4) is 0 Å². The molecule has 0 aliphatic carbocycles. The minimum Gasteiger partial charge on any atom is -0.296 e. The lowest BCUT2D eigenvalue weighted by atomic mass is 9.73. The lowest BCUT2D eigenvalue weighted by molar-refractivity contribution is -0.130. The standard InChI is InChI=1S/2C12H13BrN2O2/c2*1-7(8-3-4-9(13)14-6-8)12(2)5-10(16)15-11(12)17/h2*3-4,6-7H,5H2,1-2H3,(H,15,16,17)/t7-,12+;7-,12-/m11/s1. The zero-order chi connectivity index (χ0) is 25.3. The van der Waals surface area contributed by atoms with Gasteiger partial charge in [-0.2, -0.15) is 0 Å². The molecule has 180 valence electrons.